The van der Waals surface area contributed by atoms with Crippen LogP contribution in [-0.4, -0.2) is 42.4 Å². The molecule has 2 bridgehead atoms. The van der Waals surface area contributed by atoms with E-state index in [1.807, 2.05) is 0 Å². The monoisotopic (exact) mass is 428 g/mol. The van der Waals surface area contributed by atoms with Gasteiger partial charge in [0.05, 0.1) is 26.1 Å². The van der Waals surface area contributed by atoms with Crippen molar-refractivity contribution in [1.82, 2.24) is 0 Å². The zero-order valence-electron chi connectivity index (χ0n) is 17.7. The number of hydrogen-bond acceptors (Lipinski definition) is 3. The molecule has 3 fully saturated rings. The first-order chi connectivity index (χ1) is 14.8. The van der Waals surface area contributed by atoms with E-state index < -0.39 is 17.7 Å². The Hall–Kier alpha value is -2.60. The molecule has 5 rings (SSSR count). The first kappa shape index (κ1) is 21.6. The van der Waals surface area contributed by atoms with Crippen molar-refractivity contribution in [3.8, 4) is 0 Å². The van der Waals surface area contributed by atoms with Gasteiger partial charge in [0.15, 0.2) is 11.9 Å². The number of carbonyl (C=O) groups is 2. The fraction of sp³-hybridized carbons (Fsp3) is 0.440. The van der Waals surface area contributed by atoms with Crippen molar-refractivity contribution in [2.75, 3.05) is 26.2 Å². The van der Waals surface area contributed by atoms with E-state index in [0.29, 0.717) is 23.6 Å². The van der Waals surface area contributed by atoms with Gasteiger partial charge in [-0.3, -0.25) is 9.59 Å². The number of rotatable bonds is 7. The summed E-state index contributed by atoms with van der Waals surface area (Å²) in [7, 11) is 0. The maximum absolute atomic E-state index is 13.8. The Morgan fingerprint density at radius 3 is 2.13 bits per heavy atom. The summed E-state index contributed by atoms with van der Waals surface area (Å²) < 4.78 is 34.2. The van der Waals surface area contributed by atoms with Crippen LogP contribution in [0.25, 0.3) is 0 Å². The van der Waals surface area contributed by atoms with E-state index in [1.54, 1.807) is 31.2 Å². The van der Waals surface area contributed by atoms with Crippen LogP contribution in [0.1, 0.15) is 43.4 Å². The summed E-state index contributed by atoms with van der Waals surface area (Å²) >= 11 is 0. The molecule has 3 aliphatic rings. The Morgan fingerprint density at radius 1 is 1.03 bits per heavy atom. The zero-order valence-corrected chi connectivity index (χ0v) is 17.7. The van der Waals surface area contributed by atoms with Crippen LogP contribution in [0.2, 0.25) is 0 Å². The van der Waals surface area contributed by atoms with E-state index >= 15 is 0 Å². The third-order valence-electron chi connectivity index (χ3n) is 6.78. The number of benzene rings is 2. The summed E-state index contributed by atoms with van der Waals surface area (Å²) in [6.07, 6.45) is 1.41. The molecule has 3 heterocycles. The number of ketones is 1. The molecule has 3 aliphatic heterocycles. The summed E-state index contributed by atoms with van der Waals surface area (Å²) in [4.78, 5) is 24.7. The summed E-state index contributed by atoms with van der Waals surface area (Å²) in [5, 5.41) is 0. The van der Waals surface area contributed by atoms with Gasteiger partial charge in [-0.05, 0) is 41.3 Å². The second-order valence-electron chi connectivity index (χ2n) is 9.11. The van der Waals surface area contributed by atoms with E-state index in [-0.39, 0.29) is 24.1 Å². The predicted molar refractivity (Wildman–Crippen MR) is 112 cm³/mol. The first-order valence-electron chi connectivity index (χ1n) is 10.9. The highest BCUT2D eigenvalue weighted by Crippen LogP contribution is 2.40. The largest absolute Gasteiger partial charge is 0.453 e. The molecule has 0 amide bonds. The lowest BCUT2D eigenvalue weighted by molar-refractivity contribution is -0.939. The lowest BCUT2D eigenvalue weighted by Gasteiger charge is -2.52. The number of piperidine rings is 3. The third-order valence-corrected chi connectivity index (χ3v) is 6.78. The van der Waals surface area contributed by atoms with Crippen molar-refractivity contribution >= 4 is 11.8 Å². The van der Waals surface area contributed by atoms with Crippen molar-refractivity contribution in [3.05, 3.63) is 71.3 Å². The molecule has 0 N–H and O–H groups in total. The van der Waals surface area contributed by atoms with Crippen LogP contribution >= 0.6 is 0 Å². The molecule has 2 aromatic rings. The number of esters is 1. The van der Waals surface area contributed by atoms with Gasteiger partial charge in [0, 0.05) is 25.7 Å². The maximum atomic E-state index is 13.8. The Kier molecular flexibility index (Phi) is 6.19. The van der Waals surface area contributed by atoms with Crippen LogP contribution in [0.3, 0.4) is 0 Å². The minimum atomic E-state index is -0.875. The van der Waals surface area contributed by atoms with E-state index in [2.05, 4.69) is 0 Å². The first-order valence-corrected chi connectivity index (χ1v) is 10.9. The summed E-state index contributed by atoms with van der Waals surface area (Å²) in [6, 6.07) is 11.7. The molecule has 0 radical (unpaired) electrons. The van der Waals surface area contributed by atoms with Gasteiger partial charge in [0.25, 0.3) is 0 Å². The molecule has 3 saturated heterocycles. The number of ether oxygens (including phenoxy) is 1. The number of fused-ring (bicyclic) bond motifs is 3. The molecule has 0 spiro atoms. The lowest BCUT2D eigenvalue weighted by atomic mass is 9.75. The molecule has 0 aromatic heterocycles. The van der Waals surface area contributed by atoms with E-state index in [9.17, 15) is 18.4 Å². The number of quaternary nitrogens is 1. The normalized spacial score (nSPS) is 24.9. The Bertz CT molecular complexity index is 923. The Labute approximate surface area is 181 Å². The molecule has 31 heavy (non-hydrogen) atoms. The molecular weight excluding hydrogens is 400 g/mol. The Balaban J connectivity index is 1.51. The SMILES string of the molecule is CC(=O)C[N+]12CCC(CC1)[C@@H](CC(=O)OC(c1cccc(F)c1)c1cccc(F)c1)C2. The number of Topliss-reactive ketones (excluding diaryl/α,β-unsaturated/α-hetero) is 1. The highest BCUT2D eigenvalue weighted by atomic mass is 19.1. The smallest absolute Gasteiger partial charge is 0.307 e. The summed E-state index contributed by atoms with van der Waals surface area (Å²) in [6.45, 7) is 4.94. The van der Waals surface area contributed by atoms with Gasteiger partial charge in [-0.25, -0.2) is 8.78 Å². The van der Waals surface area contributed by atoms with Crippen LogP contribution < -0.4 is 0 Å². The van der Waals surface area contributed by atoms with Gasteiger partial charge in [-0.2, -0.15) is 0 Å². The van der Waals surface area contributed by atoms with Gasteiger partial charge in [-0.1, -0.05) is 24.3 Å². The number of nitrogens with zero attached hydrogens (tertiary/aromatic N) is 1. The second-order valence-corrected chi connectivity index (χ2v) is 9.11. The van der Waals surface area contributed by atoms with Crippen LogP contribution in [0, 0.1) is 23.5 Å². The van der Waals surface area contributed by atoms with Crippen LogP contribution in [0.4, 0.5) is 8.78 Å². The van der Waals surface area contributed by atoms with E-state index in [4.69, 9.17) is 4.74 Å². The molecule has 0 aliphatic carbocycles. The quantitative estimate of drug-likeness (QED) is 0.484. The fourth-order valence-corrected chi connectivity index (χ4v) is 5.42. The van der Waals surface area contributed by atoms with E-state index in [1.165, 1.54) is 24.3 Å². The minimum Gasteiger partial charge on any atom is -0.453 e. The number of hydrogen-bond donors (Lipinski definition) is 0. The zero-order chi connectivity index (χ0) is 22.0. The molecule has 4 nitrogen and oxygen atoms in total. The second kappa shape index (κ2) is 8.87. The average molecular weight is 428 g/mol. The third kappa shape index (κ3) is 5.01. The topological polar surface area (TPSA) is 43.4 Å². The highest BCUT2D eigenvalue weighted by molar-refractivity contribution is 5.76. The van der Waals surface area contributed by atoms with Crippen molar-refractivity contribution in [2.24, 2.45) is 11.8 Å². The minimum absolute atomic E-state index is 0.162. The summed E-state index contributed by atoms with van der Waals surface area (Å²) in [5.41, 5.74) is 0.931. The van der Waals surface area contributed by atoms with Gasteiger partial charge >= 0.3 is 5.97 Å². The van der Waals surface area contributed by atoms with Crippen LogP contribution in [0.5, 0.6) is 0 Å². The molecule has 0 unspecified atom stereocenters. The van der Waals surface area contributed by atoms with E-state index in [0.717, 1.165) is 37.0 Å². The average Bonchev–Trinajstić information content (AvgIpc) is 2.72. The molecule has 6 heteroatoms. The van der Waals surface area contributed by atoms with Gasteiger partial charge in [-0.15, -0.1) is 0 Å². The van der Waals surface area contributed by atoms with Crippen molar-refractivity contribution < 1.29 is 27.6 Å². The Morgan fingerprint density at radius 2 is 1.61 bits per heavy atom. The predicted octanol–water partition coefficient (Wildman–Crippen LogP) is 4.43. The van der Waals surface area contributed by atoms with Gasteiger partial charge in [0.2, 0.25) is 0 Å². The molecular formula is C25H28F2NO3+. The highest BCUT2D eigenvalue weighted by Gasteiger charge is 2.47. The van der Waals surface area contributed by atoms with Crippen molar-refractivity contribution in [1.29, 1.82) is 0 Å². The lowest BCUT2D eigenvalue weighted by Crippen LogP contribution is -2.63. The molecule has 1 atom stereocenters. The standard InChI is InChI=1S/C25H28F2NO3/c1-17(29)15-28-10-8-18(9-11-28)21(16-28)14-24(30)31-25(19-4-2-6-22(26)12-19)20-5-3-7-23(27)13-20/h2-7,12-13,18,21,25H,8-11,14-16H2,1H3/q+1/t18?,21-,28?/m0/s1. The molecule has 164 valence electrons. The summed E-state index contributed by atoms with van der Waals surface area (Å²) in [5.74, 6) is -0.459. The fourth-order valence-electron chi connectivity index (χ4n) is 5.42. The molecule has 2 aromatic carbocycles. The van der Waals surface area contributed by atoms with Crippen molar-refractivity contribution in [2.45, 2.75) is 32.3 Å². The van der Waals surface area contributed by atoms with Gasteiger partial charge in [0.1, 0.15) is 18.2 Å². The number of halogens is 2. The van der Waals surface area contributed by atoms with Crippen LogP contribution in [-0.2, 0) is 14.3 Å². The number of carbonyl (C=O) groups excluding carboxylic acids is 2. The van der Waals surface area contributed by atoms with Crippen LogP contribution in [0.15, 0.2) is 48.5 Å². The maximum Gasteiger partial charge on any atom is 0.307 e. The van der Waals surface area contributed by atoms with Crippen molar-refractivity contribution in [3.63, 3.8) is 0 Å². The molecule has 0 saturated carbocycles. The van der Waals surface area contributed by atoms with Gasteiger partial charge < -0.3 is 9.22 Å².